The third-order valence-electron chi connectivity index (χ3n) is 4.37. The quantitative estimate of drug-likeness (QED) is 0.514. The number of aliphatic imine (C=N–C) groups is 1. The van der Waals surface area contributed by atoms with Gasteiger partial charge in [0.2, 0.25) is 0 Å². The number of halogens is 1. The van der Waals surface area contributed by atoms with Crippen molar-refractivity contribution < 1.29 is 4.79 Å². The molecular weight excluding hydrogens is 386 g/mol. The van der Waals surface area contributed by atoms with Crippen LogP contribution in [0.1, 0.15) is 21.5 Å². The molecule has 2 aromatic carbocycles. The fourth-order valence-corrected chi connectivity index (χ4v) is 3.08. The first kappa shape index (κ1) is 22.7. The molecule has 0 bridgehead atoms. The van der Waals surface area contributed by atoms with Crippen LogP contribution in [0.3, 0.4) is 0 Å². The standard InChI is InChI=1S/C22H30ClN5O/c1-24-22(28(4)16-18-8-6-10-20(23)14-18)26-15-17-7-5-9-19(13-17)21(29)25-11-12-27(2)3/h5-10,13-14H,11-12,15-16H2,1-4H3,(H,24,26)(H,25,29). The lowest BCUT2D eigenvalue weighted by Crippen LogP contribution is -2.38. The molecule has 0 aromatic heterocycles. The van der Waals surface area contributed by atoms with Crippen molar-refractivity contribution in [3.8, 4) is 0 Å². The molecule has 7 heteroatoms. The van der Waals surface area contributed by atoms with E-state index in [0.29, 0.717) is 25.2 Å². The molecular formula is C22H30ClN5O. The summed E-state index contributed by atoms with van der Waals surface area (Å²) < 4.78 is 0. The van der Waals surface area contributed by atoms with E-state index in [-0.39, 0.29) is 5.91 Å². The Morgan fingerprint density at radius 3 is 2.45 bits per heavy atom. The first-order valence-corrected chi connectivity index (χ1v) is 9.95. The monoisotopic (exact) mass is 415 g/mol. The maximum absolute atomic E-state index is 12.3. The summed E-state index contributed by atoms with van der Waals surface area (Å²) in [5, 5.41) is 7.01. The Hall–Kier alpha value is -2.57. The summed E-state index contributed by atoms with van der Waals surface area (Å²) in [6, 6.07) is 15.4. The lowest BCUT2D eigenvalue weighted by molar-refractivity contribution is 0.0951. The number of hydrogen-bond donors (Lipinski definition) is 2. The maximum Gasteiger partial charge on any atom is 0.251 e. The predicted molar refractivity (Wildman–Crippen MR) is 120 cm³/mol. The number of amides is 1. The van der Waals surface area contributed by atoms with Gasteiger partial charge in [-0.25, -0.2) is 0 Å². The third kappa shape index (κ3) is 7.75. The first-order valence-electron chi connectivity index (χ1n) is 9.57. The number of benzene rings is 2. The van der Waals surface area contributed by atoms with Gasteiger partial charge in [0.25, 0.3) is 5.91 Å². The molecule has 0 fully saturated rings. The summed E-state index contributed by atoms with van der Waals surface area (Å²) in [6.45, 7) is 2.69. The number of hydrogen-bond acceptors (Lipinski definition) is 3. The van der Waals surface area contributed by atoms with E-state index in [1.165, 1.54) is 0 Å². The Kier molecular flexibility index (Phi) is 8.96. The highest BCUT2D eigenvalue weighted by molar-refractivity contribution is 6.30. The molecule has 0 saturated carbocycles. The summed E-state index contributed by atoms with van der Waals surface area (Å²) in [4.78, 5) is 20.7. The van der Waals surface area contributed by atoms with Gasteiger partial charge in [-0.3, -0.25) is 9.79 Å². The number of nitrogens with one attached hydrogen (secondary N) is 2. The molecule has 29 heavy (non-hydrogen) atoms. The van der Waals surface area contributed by atoms with E-state index in [1.54, 1.807) is 7.05 Å². The molecule has 0 aliphatic carbocycles. The van der Waals surface area contributed by atoms with Crippen LogP contribution in [0.4, 0.5) is 0 Å². The fourth-order valence-electron chi connectivity index (χ4n) is 2.87. The molecule has 0 heterocycles. The fraction of sp³-hybridized carbons (Fsp3) is 0.364. The van der Waals surface area contributed by atoms with Crippen molar-refractivity contribution in [2.45, 2.75) is 13.1 Å². The average Bonchev–Trinajstić information content (AvgIpc) is 2.68. The van der Waals surface area contributed by atoms with Crippen LogP contribution in [0.25, 0.3) is 0 Å². The highest BCUT2D eigenvalue weighted by atomic mass is 35.5. The van der Waals surface area contributed by atoms with Crippen LogP contribution in [0.15, 0.2) is 53.5 Å². The second kappa shape index (κ2) is 11.4. The van der Waals surface area contributed by atoms with Crippen LogP contribution in [-0.4, -0.2) is 62.9 Å². The first-order chi connectivity index (χ1) is 13.9. The van der Waals surface area contributed by atoms with Gasteiger partial charge in [0.1, 0.15) is 0 Å². The van der Waals surface area contributed by atoms with Gasteiger partial charge in [-0.2, -0.15) is 0 Å². The van der Waals surface area contributed by atoms with Crippen LogP contribution in [0.5, 0.6) is 0 Å². The highest BCUT2D eigenvalue weighted by Crippen LogP contribution is 2.12. The minimum absolute atomic E-state index is 0.0591. The molecule has 1 amide bonds. The summed E-state index contributed by atoms with van der Waals surface area (Å²) in [6.07, 6.45) is 0. The minimum Gasteiger partial charge on any atom is -0.352 e. The molecule has 0 aliphatic heterocycles. The Morgan fingerprint density at radius 2 is 1.76 bits per heavy atom. The third-order valence-corrected chi connectivity index (χ3v) is 4.60. The van der Waals surface area contributed by atoms with Gasteiger partial charge in [0.15, 0.2) is 5.96 Å². The summed E-state index contributed by atoms with van der Waals surface area (Å²) in [7, 11) is 7.69. The van der Waals surface area contributed by atoms with Gasteiger partial charge in [-0.15, -0.1) is 0 Å². The van der Waals surface area contributed by atoms with Crippen molar-refractivity contribution in [2.75, 3.05) is 41.3 Å². The van der Waals surface area contributed by atoms with Gasteiger partial charge in [0, 0.05) is 50.9 Å². The predicted octanol–water partition coefficient (Wildman–Crippen LogP) is 2.84. The van der Waals surface area contributed by atoms with Crippen LogP contribution < -0.4 is 10.6 Å². The summed E-state index contributed by atoms with van der Waals surface area (Å²) >= 11 is 6.07. The van der Waals surface area contributed by atoms with E-state index in [1.807, 2.05) is 79.5 Å². The van der Waals surface area contributed by atoms with Crippen LogP contribution in [0, 0.1) is 0 Å². The molecule has 0 atom stereocenters. The lowest BCUT2D eigenvalue weighted by atomic mass is 10.1. The zero-order valence-electron chi connectivity index (χ0n) is 17.6. The van der Waals surface area contributed by atoms with Gasteiger partial charge < -0.3 is 20.4 Å². The Morgan fingerprint density at radius 1 is 1.03 bits per heavy atom. The van der Waals surface area contributed by atoms with Crippen molar-refractivity contribution >= 4 is 23.5 Å². The van der Waals surface area contributed by atoms with E-state index in [0.717, 1.165) is 28.7 Å². The Balaban J connectivity index is 1.92. The van der Waals surface area contributed by atoms with Gasteiger partial charge in [-0.1, -0.05) is 35.9 Å². The molecule has 2 aromatic rings. The Labute approximate surface area is 178 Å². The van der Waals surface area contributed by atoms with Crippen LogP contribution in [0.2, 0.25) is 5.02 Å². The van der Waals surface area contributed by atoms with E-state index >= 15 is 0 Å². The lowest BCUT2D eigenvalue weighted by Gasteiger charge is -2.22. The average molecular weight is 416 g/mol. The number of nitrogens with zero attached hydrogens (tertiary/aromatic N) is 3. The van der Waals surface area contributed by atoms with E-state index in [9.17, 15) is 4.79 Å². The molecule has 0 aliphatic rings. The van der Waals surface area contributed by atoms with E-state index in [4.69, 9.17) is 11.6 Å². The molecule has 0 spiro atoms. The topological polar surface area (TPSA) is 60.0 Å². The number of rotatable bonds is 8. The van der Waals surface area contributed by atoms with Crippen LogP contribution >= 0.6 is 11.6 Å². The van der Waals surface area contributed by atoms with Crippen molar-refractivity contribution in [3.63, 3.8) is 0 Å². The summed E-state index contributed by atoms with van der Waals surface area (Å²) in [5.74, 6) is 0.710. The van der Waals surface area contributed by atoms with Crippen molar-refractivity contribution in [3.05, 3.63) is 70.2 Å². The molecule has 156 valence electrons. The second-order valence-corrected chi connectivity index (χ2v) is 7.58. The number of carbonyl (C=O) groups is 1. The Bertz CT molecular complexity index is 837. The highest BCUT2D eigenvalue weighted by Gasteiger charge is 2.09. The molecule has 6 nitrogen and oxygen atoms in total. The number of guanidine groups is 1. The normalized spacial score (nSPS) is 11.4. The zero-order chi connectivity index (χ0) is 21.2. The number of likely N-dealkylation sites (N-methyl/N-ethyl adjacent to an activating group) is 1. The molecule has 0 saturated heterocycles. The zero-order valence-corrected chi connectivity index (χ0v) is 18.3. The van der Waals surface area contributed by atoms with Crippen molar-refractivity contribution in [1.29, 1.82) is 0 Å². The molecule has 0 unspecified atom stereocenters. The van der Waals surface area contributed by atoms with Gasteiger partial charge >= 0.3 is 0 Å². The maximum atomic E-state index is 12.3. The smallest absolute Gasteiger partial charge is 0.251 e. The molecule has 0 radical (unpaired) electrons. The van der Waals surface area contributed by atoms with E-state index < -0.39 is 0 Å². The van der Waals surface area contributed by atoms with Gasteiger partial charge in [-0.05, 0) is 49.5 Å². The summed E-state index contributed by atoms with van der Waals surface area (Å²) in [5.41, 5.74) is 2.78. The second-order valence-electron chi connectivity index (χ2n) is 7.15. The molecule has 2 rings (SSSR count). The van der Waals surface area contributed by atoms with E-state index in [2.05, 4.69) is 15.6 Å². The van der Waals surface area contributed by atoms with Crippen molar-refractivity contribution in [1.82, 2.24) is 20.4 Å². The molecule has 2 N–H and O–H groups in total. The number of carbonyl (C=O) groups excluding carboxylic acids is 1. The largest absolute Gasteiger partial charge is 0.352 e. The minimum atomic E-state index is -0.0591. The van der Waals surface area contributed by atoms with Crippen molar-refractivity contribution in [2.24, 2.45) is 4.99 Å². The van der Waals surface area contributed by atoms with Crippen LogP contribution in [-0.2, 0) is 13.1 Å². The van der Waals surface area contributed by atoms with Gasteiger partial charge in [0.05, 0.1) is 0 Å². The SMILES string of the molecule is CN=C(NCc1cccc(C(=O)NCCN(C)C)c1)N(C)Cc1cccc(Cl)c1.